The molecule has 21 heavy (non-hydrogen) atoms. The van der Waals surface area contributed by atoms with E-state index in [2.05, 4.69) is 15.6 Å². The molecule has 0 saturated heterocycles. The van der Waals surface area contributed by atoms with Crippen molar-refractivity contribution in [2.45, 2.75) is 13.8 Å². The molecular formula is C14H15N3O3S. The summed E-state index contributed by atoms with van der Waals surface area (Å²) in [5.74, 6) is -0.196. The number of hydrogen-bond donors (Lipinski definition) is 2. The van der Waals surface area contributed by atoms with E-state index in [9.17, 15) is 9.59 Å². The van der Waals surface area contributed by atoms with Crippen LogP contribution in [0.15, 0.2) is 30.3 Å². The van der Waals surface area contributed by atoms with Crippen LogP contribution in [-0.4, -0.2) is 23.6 Å². The molecule has 0 aliphatic carbocycles. The molecule has 1 aromatic heterocycles. The molecule has 0 unspecified atom stereocenters. The summed E-state index contributed by atoms with van der Waals surface area (Å²) in [4.78, 5) is 27.1. The molecule has 2 aromatic rings. The Labute approximate surface area is 126 Å². The van der Waals surface area contributed by atoms with Crippen LogP contribution in [-0.2, 0) is 9.53 Å². The van der Waals surface area contributed by atoms with Crippen LogP contribution in [0, 0.1) is 0 Å². The van der Waals surface area contributed by atoms with Crippen molar-refractivity contribution in [1.82, 2.24) is 4.98 Å². The van der Waals surface area contributed by atoms with Gasteiger partial charge in [0.15, 0.2) is 5.13 Å². The van der Waals surface area contributed by atoms with Gasteiger partial charge in [-0.3, -0.25) is 10.1 Å². The Morgan fingerprint density at radius 2 is 1.95 bits per heavy atom. The maximum absolute atomic E-state index is 11.4. The van der Waals surface area contributed by atoms with Crippen LogP contribution >= 0.6 is 11.3 Å². The zero-order chi connectivity index (χ0) is 15.2. The second-order valence-electron chi connectivity index (χ2n) is 4.09. The van der Waals surface area contributed by atoms with Gasteiger partial charge in [0.25, 0.3) is 0 Å². The average molecular weight is 305 g/mol. The van der Waals surface area contributed by atoms with Crippen LogP contribution in [0.5, 0.6) is 0 Å². The fourth-order valence-electron chi connectivity index (χ4n) is 1.66. The van der Waals surface area contributed by atoms with Gasteiger partial charge in [0.05, 0.1) is 6.61 Å². The highest BCUT2D eigenvalue weighted by atomic mass is 32.1. The first-order chi connectivity index (χ1) is 10.1. The van der Waals surface area contributed by atoms with Gasteiger partial charge in [0, 0.05) is 12.5 Å². The number of hydrogen-bond acceptors (Lipinski definition) is 5. The van der Waals surface area contributed by atoms with E-state index in [4.69, 9.17) is 4.74 Å². The molecule has 0 aliphatic rings. The number of ether oxygens (including phenoxy) is 1. The van der Waals surface area contributed by atoms with E-state index in [1.165, 1.54) is 18.3 Å². The minimum Gasteiger partial charge on any atom is -0.450 e. The predicted molar refractivity (Wildman–Crippen MR) is 82.5 cm³/mol. The van der Waals surface area contributed by atoms with Crippen LogP contribution in [0.25, 0.3) is 11.3 Å². The second kappa shape index (κ2) is 6.85. The molecule has 7 heteroatoms. The quantitative estimate of drug-likeness (QED) is 0.908. The van der Waals surface area contributed by atoms with E-state index < -0.39 is 6.09 Å². The van der Waals surface area contributed by atoms with Crippen molar-refractivity contribution < 1.29 is 14.3 Å². The Hall–Kier alpha value is -2.41. The highest BCUT2D eigenvalue weighted by Crippen LogP contribution is 2.35. The molecule has 1 heterocycles. The Balaban J connectivity index is 2.31. The summed E-state index contributed by atoms with van der Waals surface area (Å²) in [5.41, 5.74) is 1.47. The van der Waals surface area contributed by atoms with Gasteiger partial charge in [-0.1, -0.05) is 41.7 Å². The van der Waals surface area contributed by atoms with Crippen molar-refractivity contribution in [3.8, 4) is 11.3 Å². The summed E-state index contributed by atoms with van der Waals surface area (Å²) < 4.78 is 4.81. The van der Waals surface area contributed by atoms with Gasteiger partial charge < -0.3 is 10.1 Å². The average Bonchev–Trinajstić information content (AvgIpc) is 2.81. The SMILES string of the molecule is CCOC(=O)Nc1nc(-c2ccccc2)c(NC(C)=O)s1. The molecule has 0 aliphatic heterocycles. The lowest BCUT2D eigenvalue weighted by Gasteiger charge is -2.01. The maximum atomic E-state index is 11.4. The normalized spacial score (nSPS) is 10.0. The van der Waals surface area contributed by atoms with Gasteiger partial charge in [0.2, 0.25) is 5.91 Å². The van der Waals surface area contributed by atoms with Crippen LogP contribution in [0.3, 0.4) is 0 Å². The lowest BCUT2D eigenvalue weighted by Crippen LogP contribution is -2.12. The summed E-state index contributed by atoms with van der Waals surface area (Å²) in [5, 5.41) is 6.22. The zero-order valence-electron chi connectivity index (χ0n) is 11.7. The van der Waals surface area contributed by atoms with Gasteiger partial charge >= 0.3 is 6.09 Å². The van der Waals surface area contributed by atoms with Crippen LogP contribution < -0.4 is 10.6 Å². The van der Waals surface area contributed by atoms with Gasteiger partial charge in [-0.2, -0.15) is 0 Å². The van der Waals surface area contributed by atoms with Gasteiger partial charge in [-0.25, -0.2) is 9.78 Å². The first kappa shape index (κ1) is 15.0. The molecular weight excluding hydrogens is 290 g/mol. The monoisotopic (exact) mass is 305 g/mol. The molecule has 0 spiro atoms. The van der Waals surface area contributed by atoms with Gasteiger partial charge in [-0.15, -0.1) is 0 Å². The number of anilines is 2. The number of rotatable bonds is 4. The van der Waals surface area contributed by atoms with Crippen molar-refractivity contribution in [2.24, 2.45) is 0 Å². The zero-order valence-corrected chi connectivity index (χ0v) is 12.5. The largest absolute Gasteiger partial charge is 0.450 e. The van der Waals surface area contributed by atoms with Crippen molar-refractivity contribution >= 4 is 33.5 Å². The Bertz CT molecular complexity index is 640. The topological polar surface area (TPSA) is 80.3 Å². The summed E-state index contributed by atoms with van der Waals surface area (Å²) >= 11 is 1.18. The predicted octanol–water partition coefficient (Wildman–Crippen LogP) is 3.34. The van der Waals surface area contributed by atoms with Crippen molar-refractivity contribution in [1.29, 1.82) is 0 Å². The molecule has 2 N–H and O–H groups in total. The summed E-state index contributed by atoms with van der Waals surface area (Å²) in [6.07, 6.45) is -0.569. The second-order valence-corrected chi connectivity index (χ2v) is 5.09. The van der Waals surface area contributed by atoms with Crippen LogP contribution in [0.4, 0.5) is 14.9 Å². The molecule has 110 valence electrons. The van der Waals surface area contributed by atoms with Crippen LogP contribution in [0.2, 0.25) is 0 Å². The van der Waals surface area contributed by atoms with Crippen molar-refractivity contribution in [2.75, 3.05) is 17.2 Å². The smallest absolute Gasteiger partial charge is 0.413 e. The van der Waals surface area contributed by atoms with E-state index in [0.717, 1.165) is 5.56 Å². The molecule has 0 radical (unpaired) electrons. The maximum Gasteiger partial charge on any atom is 0.413 e. The number of carbonyl (C=O) groups excluding carboxylic acids is 2. The number of carbonyl (C=O) groups is 2. The first-order valence-electron chi connectivity index (χ1n) is 6.37. The molecule has 1 aromatic carbocycles. The molecule has 0 atom stereocenters. The fourth-order valence-corrected chi connectivity index (χ4v) is 2.58. The Morgan fingerprint density at radius 1 is 1.24 bits per heavy atom. The Morgan fingerprint density at radius 3 is 2.57 bits per heavy atom. The standard InChI is InChI=1S/C14H15N3O3S/c1-3-20-14(19)17-13-16-11(10-7-5-4-6-8-10)12(21-13)15-9(2)18/h4-8H,3H2,1-2H3,(H,15,18)(H,16,17,19). The molecule has 0 saturated carbocycles. The van der Waals surface area contributed by atoms with Crippen molar-refractivity contribution in [3.05, 3.63) is 30.3 Å². The first-order valence-corrected chi connectivity index (χ1v) is 7.19. The summed E-state index contributed by atoms with van der Waals surface area (Å²) in [7, 11) is 0. The third-order valence-corrected chi connectivity index (χ3v) is 3.33. The van der Waals surface area contributed by atoms with E-state index in [1.54, 1.807) is 6.92 Å². The molecule has 2 amide bonds. The van der Waals surface area contributed by atoms with Crippen molar-refractivity contribution in [3.63, 3.8) is 0 Å². The lowest BCUT2D eigenvalue weighted by molar-refractivity contribution is -0.114. The number of benzene rings is 1. The van der Waals surface area contributed by atoms with E-state index in [1.807, 2.05) is 30.3 Å². The lowest BCUT2D eigenvalue weighted by atomic mass is 10.2. The van der Waals surface area contributed by atoms with Gasteiger partial charge in [-0.05, 0) is 6.92 Å². The van der Waals surface area contributed by atoms with E-state index in [0.29, 0.717) is 15.8 Å². The summed E-state index contributed by atoms with van der Waals surface area (Å²) in [6, 6.07) is 9.42. The number of amides is 2. The third kappa shape index (κ3) is 4.03. The summed E-state index contributed by atoms with van der Waals surface area (Å²) in [6.45, 7) is 3.42. The number of thiazole rings is 1. The molecule has 0 fully saturated rings. The van der Waals surface area contributed by atoms with Gasteiger partial charge in [0.1, 0.15) is 10.7 Å². The molecule has 2 rings (SSSR count). The van der Waals surface area contributed by atoms with E-state index >= 15 is 0 Å². The third-order valence-electron chi connectivity index (χ3n) is 2.45. The highest BCUT2D eigenvalue weighted by molar-refractivity contribution is 7.20. The number of nitrogens with one attached hydrogen (secondary N) is 2. The van der Waals surface area contributed by atoms with Crippen LogP contribution in [0.1, 0.15) is 13.8 Å². The number of aromatic nitrogens is 1. The molecule has 0 bridgehead atoms. The minimum absolute atomic E-state index is 0.196. The highest BCUT2D eigenvalue weighted by Gasteiger charge is 2.15. The number of nitrogens with zero attached hydrogens (tertiary/aromatic N) is 1. The minimum atomic E-state index is -0.569. The fraction of sp³-hybridized carbons (Fsp3) is 0.214. The van der Waals surface area contributed by atoms with E-state index in [-0.39, 0.29) is 12.5 Å². The Kier molecular flexibility index (Phi) is 4.89. The molecule has 6 nitrogen and oxygen atoms in total.